The lowest BCUT2D eigenvalue weighted by atomic mass is 9.94. The summed E-state index contributed by atoms with van der Waals surface area (Å²) < 4.78 is 5.45. The molecule has 1 aromatic rings. The fourth-order valence-corrected chi connectivity index (χ4v) is 3.46. The molecule has 2 atom stereocenters. The zero-order chi connectivity index (χ0) is 15.5. The summed E-state index contributed by atoms with van der Waals surface area (Å²) in [5, 5.41) is 0. The van der Waals surface area contributed by atoms with E-state index in [-0.39, 0.29) is 12.1 Å². The molecule has 1 saturated heterocycles. The van der Waals surface area contributed by atoms with Gasteiger partial charge < -0.3 is 10.5 Å². The first kappa shape index (κ1) is 14.9. The van der Waals surface area contributed by atoms with Crippen LogP contribution in [0.5, 0.6) is 0 Å². The third-order valence-corrected chi connectivity index (χ3v) is 4.65. The van der Waals surface area contributed by atoms with E-state index in [0.29, 0.717) is 12.6 Å². The number of ether oxygens (including phenoxy) is 1. The monoisotopic (exact) mass is 300 g/mol. The van der Waals surface area contributed by atoms with Crippen LogP contribution in [0.25, 0.3) is 5.57 Å². The zero-order valence-corrected chi connectivity index (χ0v) is 13.1. The number of unbranched alkanes of at least 4 members (excludes halogenated alkanes) is 1. The molecular formula is C18H24N2O2. The summed E-state index contributed by atoms with van der Waals surface area (Å²) in [4.78, 5) is 14.4. The Morgan fingerprint density at radius 3 is 2.82 bits per heavy atom. The number of rotatable bonds is 4. The Balaban J connectivity index is 1.76. The van der Waals surface area contributed by atoms with E-state index in [1.165, 1.54) is 5.57 Å². The van der Waals surface area contributed by atoms with Crippen molar-refractivity contribution >= 4 is 17.4 Å². The second-order valence-electron chi connectivity index (χ2n) is 6.14. The van der Waals surface area contributed by atoms with Gasteiger partial charge in [0.15, 0.2) is 0 Å². The third-order valence-electron chi connectivity index (χ3n) is 4.65. The van der Waals surface area contributed by atoms with Gasteiger partial charge in [-0.1, -0.05) is 31.6 Å². The van der Waals surface area contributed by atoms with Crippen LogP contribution in [0, 0.1) is 0 Å². The van der Waals surface area contributed by atoms with Crippen LogP contribution in [0.2, 0.25) is 0 Å². The lowest BCUT2D eigenvalue weighted by molar-refractivity contribution is 0.0886. The van der Waals surface area contributed by atoms with Gasteiger partial charge in [-0.3, -0.25) is 4.90 Å². The van der Waals surface area contributed by atoms with Gasteiger partial charge in [0.05, 0.1) is 12.6 Å². The Morgan fingerprint density at radius 2 is 2.09 bits per heavy atom. The molecule has 2 unspecified atom stereocenters. The van der Waals surface area contributed by atoms with Gasteiger partial charge in [0.25, 0.3) is 0 Å². The number of nitrogen functional groups attached to an aromatic ring is 1. The maximum atomic E-state index is 12.4. The molecule has 2 aliphatic heterocycles. The number of hydrogen-bond donors (Lipinski definition) is 1. The van der Waals surface area contributed by atoms with E-state index < -0.39 is 0 Å². The fourth-order valence-electron chi connectivity index (χ4n) is 3.46. The molecule has 4 nitrogen and oxygen atoms in total. The highest BCUT2D eigenvalue weighted by Crippen LogP contribution is 2.40. The van der Waals surface area contributed by atoms with Gasteiger partial charge in [-0.25, -0.2) is 4.79 Å². The van der Waals surface area contributed by atoms with Crippen molar-refractivity contribution in [1.82, 2.24) is 4.90 Å². The minimum Gasteiger partial charge on any atom is -0.449 e. The van der Waals surface area contributed by atoms with Crippen molar-refractivity contribution in [2.24, 2.45) is 0 Å². The van der Waals surface area contributed by atoms with E-state index >= 15 is 0 Å². The number of hydrogen-bond acceptors (Lipinski definition) is 3. The Hall–Kier alpha value is -1.97. The average Bonchev–Trinajstić information content (AvgIpc) is 2.83. The molecule has 0 aromatic heterocycles. The van der Waals surface area contributed by atoms with Gasteiger partial charge in [-0.2, -0.15) is 0 Å². The molecule has 2 aliphatic rings. The van der Waals surface area contributed by atoms with Gasteiger partial charge >= 0.3 is 6.09 Å². The second kappa shape index (κ2) is 6.42. The Labute approximate surface area is 131 Å². The van der Waals surface area contributed by atoms with E-state index in [1.54, 1.807) is 0 Å². The van der Waals surface area contributed by atoms with E-state index in [0.717, 1.165) is 43.4 Å². The Morgan fingerprint density at radius 1 is 1.32 bits per heavy atom. The average molecular weight is 300 g/mol. The van der Waals surface area contributed by atoms with Crippen LogP contribution in [0.15, 0.2) is 30.3 Å². The van der Waals surface area contributed by atoms with Gasteiger partial charge in [-0.15, -0.1) is 0 Å². The van der Waals surface area contributed by atoms with Crippen molar-refractivity contribution < 1.29 is 9.53 Å². The van der Waals surface area contributed by atoms with Gasteiger partial charge in [0.1, 0.15) is 0 Å². The van der Waals surface area contributed by atoms with Crippen molar-refractivity contribution in [3.8, 4) is 0 Å². The molecule has 3 rings (SSSR count). The van der Waals surface area contributed by atoms with Crippen LogP contribution >= 0.6 is 0 Å². The molecule has 4 heteroatoms. The number of nitrogens with zero attached hydrogens (tertiary/aromatic N) is 1. The lowest BCUT2D eigenvalue weighted by Gasteiger charge is -2.34. The molecule has 2 bridgehead atoms. The van der Waals surface area contributed by atoms with Crippen LogP contribution in [0.4, 0.5) is 10.5 Å². The molecule has 0 saturated carbocycles. The first-order valence-corrected chi connectivity index (χ1v) is 8.21. The van der Waals surface area contributed by atoms with Gasteiger partial charge in [-0.05, 0) is 49.0 Å². The first-order valence-electron chi connectivity index (χ1n) is 8.21. The highest BCUT2D eigenvalue weighted by Gasteiger charge is 2.42. The number of carbonyl (C=O) groups excluding carboxylic acids is 1. The Kier molecular flexibility index (Phi) is 4.36. The zero-order valence-electron chi connectivity index (χ0n) is 13.1. The molecule has 0 aliphatic carbocycles. The minimum atomic E-state index is -0.151. The molecule has 1 aromatic carbocycles. The van der Waals surface area contributed by atoms with Crippen molar-refractivity contribution in [3.05, 3.63) is 35.9 Å². The summed E-state index contributed by atoms with van der Waals surface area (Å²) in [5.41, 5.74) is 8.93. The molecular weight excluding hydrogens is 276 g/mol. The predicted octanol–water partition coefficient (Wildman–Crippen LogP) is 3.83. The summed E-state index contributed by atoms with van der Waals surface area (Å²) in [6.45, 7) is 2.62. The SMILES string of the molecule is CCCCOC(=O)N1C2CC=C(c3ccc(N)cc3)C1CC2. The molecule has 2 N–H and O–H groups in total. The molecule has 2 heterocycles. The van der Waals surface area contributed by atoms with Crippen molar-refractivity contribution in [2.45, 2.75) is 51.1 Å². The van der Waals surface area contributed by atoms with Crippen molar-refractivity contribution in [3.63, 3.8) is 0 Å². The maximum Gasteiger partial charge on any atom is 0.410 e. The number of benzene rings is 1. The quantitative estimate of drug-likeness (QED) is 0.679. The summed E-state index contributed by atoms with van der Waals surface area (Å²) in [6, 6.07) is 8.37. The number of fused-ring (bicyclic) bond motifs is 2. The summed E-state index contributed by atoms with van der Waals surface area (Å²) in [6.07, 6.45) is 7.09. The topological polar surface area (TPSA) is 55.6 Å². The van der Waals surface area contributed by atoms with Crippen LogP contribution in [-0.4, -0.2) is 29.7 Å². The standard InChI is InChI=1S/C18H24N2O2/c1-2-3-12-22-18(21)20-15-8-10-16(17(20)11-9-15)13-4-6-14(19)7-5-13/h4-7,10,15,17H,2-3,8-9,11-12,19H2,1H3. The van der Waals surface area contributed by atoms with Gasteiger partial charge in [0.2, 0.25) is 0 Å². The first-order chi connectivity index (χ1) is 10.7. The summed E-state index contributed by atoms with van der Waals surface area (Å²) in [5.74, 6) is 0. The molecule has 1 amide bonds. The van der Waals surface area contributed by atoms with E-state index in [9.17, 15) is 4.79 Å². The van der Waals surface area contributed by atoms with Crippen LogP contribution in [-0.2, 0) is 4.74 Å². The van der Waals surface area contributed by atoms with Crippen LogP contribution in [0.1, 0.15) is 44.6 Å². The lowest BCUT2D eigenvalue weighted by Crippen LogP contribution is -2.44. The second-order valence-corrected chi connectivity index (χ2v) is 6.14. The smallest absolute Gasteiger partial charge is 0.410 e. The summed E-state index contributed by atoms with van der Waals surface area (Å²) >= 11 is 0. The number of carbonyl (C=O) groups is 1. The maximum absolute atomic E-state index is 12.4. The highest BCUT2D eigenvalue weighted by atomic mass is 16.6. The largest absolute Gasteiger partial charge is 0.449 e. The van der Waals surface area contributed by atoms with E-state index in [2.05, 4.69) is 13.0 Å². The number of anilines is 1. The molecule has 0 radical (unpaired) electrons. The molecule has 118 valence electrons. The van der Waals surface area contributed by atoms with Crippen LogP contribution in [0.3, 0.4) is 0 Å². The Bertz CT molecular complexity index is 565. The van der Waals surface area contributed by atoms with Crippen LogP contribution < -0.4 is 5.73 Å². The van der Waals surface area contributed by atoms with Crippen molar-refractivity contribution in [2.75, 3.05) is 12.3 Å². The molecule has 22 heavy (non-hydrogen) atoms. The molecule has 0 spiro atoms. The molecule has 1 fully saturated rings. The highest BCUT2D eigenvalue weighted by molar-refractivity contribution is 5.79. The van der Waals surface area contributed by atoms with Crippen molar-refractivity contribution in [1.29, 1.82) is 0 Å². The van der Waals surface area contributed by atoms with E-state index in [4.69, 9.17) is 10.5 Å². The van der Waals surface area contributed by atoms with E-state index in [1.807, 2.05) is 29.2 Å². The fraction of sp³-hybridized carbons (Fsp3) is 0.500. The minimum absolute atomic E-state index is 0.150. The summed E-state index contributed by atoms with van der Waals surface area (Å²) in [7, 11) is 0. The predicted molar refractivity (Wildman–Crippen MR) is 88.4 cm³/mol. The number of amides is 1. The number of nitrogens with two attached hydrogens (primary N) is 1. The van der Waals surface area contributed by atoms with Gasteiger partial charge in [0, 0.05) is 11.7 Å². The third kappa shape index (κ3) is 2.82. The normalized spacial score (nSPS) is 23.3.